The number of nitrogens with one attached hydrogen (secondary N) is 2. The fraction of sp³-hybridized carbons (Fsp3) is 0.500. The van der Waals surface area contributed by atoms with Crippen molar-refractivity contribution < 1.29 is 9.26 Å². The number of aliphatic imine (C=N–C) groups is 1. The Hall–Kier alpha value is -2.57. The minimum atomic E-state index is 0.268. The van der Waals surface area contributed by atoms with Crippen LogP contribution in [-0.4, -0.2) is 36.8 Å². The molecule has 0 aliphatic carbocycles. The van der Waals surface area contributed by atoms with E-state index < -0.39 is 0 Å². The maximum atomic E-state index is 5.42. The predicted octanol–water partition coefficient (Wildman–Crippen LogP) is 2.42. The van der Waals surface area contributed by atoms with Crippen LogP contribution >= 0.6 is 0 Å². The van der Waals surface area contributed by atoms with Gasteiger partial charge in [0.1, 0.15) is 5.75 Å². The average molecular weight is 345 g/mol. The first kappa shape index (κ1) is 18.8. The highest BCUT2D eigenvalue weighted by atomic mass is 16.5. The summed E-state index contributed by atoms with van der Waals surface area (Å²) in [7, 11) is 3.42. The summed E-state index contributed by atoms with van der Waals surface area (Å²) in [5.74, 6) is 3.22. The van der Waals surface area contributed by atoms with Crippen LogP contribution in [0.4, 0.5) is 0 Å². The second-order valence-electron chi connectivity index (χ2n) is 6.12. The van der Waals surface area contributed by atoms with E-state index in [0.29, 0.717) is 31.4 Å². The van der Waals surface area contributed by atoms with Crippen molar-refractivity contribution in [2.75, 3.05) is 20.7 Å². The molecule has 0 aliphatic rings. The first-order chi connectivity index (χ1) is 12.0. The molecule has 1 aromatic heterocycles. The summed E-state index contributed by atoms with van der Waals surface area (Å²) in [6.07, 6.45) is 0.647. The van der Waals surface area contributed by atoms with E-state index >= 15 is 0 Å². The van der Waals surface area contributed by atoms with Crippen LogP contribution in [0.1, 0.15) is 42.6 Å². The topological polar surface area (TPSA) is 84.6 Å². The van der Waals surface area contributed by atoms with Crippen molar-refractivity contribution in [1.29, 1.82) is 0 Å². The number of benzene rings is 1. The number of nitrogens with zero attached hydrogens (tertiary/aromatic N) is 3. The van der Waals surface area contributed by atoms with E-state index in [1.807, 2.05) is 26.8 Å². The van der Waals surface area contributed by atoms with Gasteiger partial charge in [0.15, 0.2) is 11.8 Å². The van der Waals surface area contributed by atoms with Crippen LogP contribution in [0.2, 0.25) is 0 Å². The van der Waals surface area contributed by atoms with Gasteiger partial charge in [-0.1, -0.05) is 31.1 Å². The summed E-state index contributed by atoms with van der Waals surface area (Å²) in [6.45, 7) is 7.41. The molecule has 0 fully saturated rings. The number of hydrogen-bond donors (Lipinski definition) is 2. The normalized spacial score (nSPS) is 11.7. The number of ether oxygens (including phenoxy) is 1. The minimum Gasteiger partial charge on any atom is -0.496 e. The lowest BCUT2D eigenvalue weighted by molar-refractivity contribution is 0.371. The van der Waals surface area contributed by atoms with Gasteiger partial charge >= 0.3 is 0 Å². The van der Waals surface area contributed by atoms with Crippen LogP contribution in [-0.2, 0) is 13.0 Å². The van der Waals surface area contributed by atoms with Gasteiger partial charge in [-0.25, -0.2) is 0 Å². The number of rotatable bonds is 7. The summed E-state index contributed by atoms with van der Waals surface area (Å²) >= 11 is 0. The quantitative estimate of drug-likeness (QED) is 0.592. The summed E-state index contributed by atoms with van der Waals surface area (Å²) < 4.78 is 10.7. The highest BCUT2D eigenvalue weighted by molar-refractivity contribution is 5.79. The molecule has 136 valence electrons. The smallest absolute Gasteiger partial charge is 0.228 e. The van der Waals surface area contributed by atoms with Gasteiger partial charge in [-0.3, -0.25) is 4.99 Å². The van der Waals surface area contributed by atoms with Gasteiger partial charge in [-0.15, -0.1) is 0 Å². The van der Waals surface area contributed by atoms with Crippen molar-refractivity contribution in [3.8, 4) is 5.75 Å². The van der Waals surface area contributed by atoms with Crippen LogP contribution < -0.4 is 15.4 Å². The van der Waals surface area contributed by atoms with Gasteiger partial charge in [-0.05, 0) is 18.6 Å². The van der Waals surface area contributed by atoms with E-state index in [-0.39, 0.29) is 5.92 Å². The second-order valence-corrected chi connectivity index (χ2v) is 6.12. The zero-order chi connectivity index (χ0) is 18.2. The standard InChI is InChI=1S/C18H27N5O2/c1-12(2)17-22-16(25-23-17)8-9-20-18(19-4)21-11-14-7-6-13(3)10-15(14)24-5/h6-7,10,12H,8-9,11H2,1-5H3,(H2,19,20,21). The molecule has 0 saturated carbocycles. The van der Waals surface area contributed by atoms with Crippen LogP contribution in [0.15, 0.2) is 27.7 Å². The molecule has 7 nitrogen and oxygen atoms in total. The summed E-state index contributed by atoms with van der Waals surface area (Å²) in [5.41, 5.74) is 2.25. The second kappa shape index (κ2) is 9.05. The Morgan fingerprint density at radius 2 is 2.12 bits per heavy atom. The van der Waals surface area contributed by atoms with Gasteiger partial charge < -0.3 is 19.9 Å². The van der Waals surface area contributed by atoms with E-state index in [1.54, 1.807) is 14.2 Å². The maximum Gasteiger partial charge on any atom is 0.228 e. The lowest BCUT2D eigenvalue weighted by Crippen LogP contribution is -2.38. The number of guanidine groups is 1. The predicted molar refractivity (Wildman–Crippen MR) is 98.0 cm³/mol. The Kier molecular flexibility index (Phi) is 6.80. The minimum absolute atomic E-state index is 0.268. The van der Waals surface area contributed by atoms with Crippen LogP contribution in [0, 0.1) is 6.92 Å². The summed E-state index contributed by atoms with van der Waals surface area (Å²) in [5, 5.41) is 10.5. The van der Waals surface area contributed by atoms with Crippen molar-refractivity contribution in [2.24, 2.45) is 4.99 Å². The van der Waals surface area contributed by atoms with Crippen molar-refractivity contribution in [3.05, 3.63) is 41.0 Å². The molecule has 0 saturated heterocycles. The van der Waals surface area contributed by atoms with Gasteiger partial charge in [0.25, 0.3) is 0 Å². The van der Waals surface area contributed by atoms with Gasteiger partial charge in [0.2, 0.25) is 5.89 Å². The van der Waals surface area contributed by atoms with E-state index in [1.165, 1.54) is 5.56 Å². The van der Waals surface area contributed by atoms with E-state index in [0.717, 1.165) is 17.1 Å². The SMILES string of the molecule is CN=C(NCCc1nc(C(C)C)no1)NCc1ccc(C)cc1OC. The molecule has 0 spiro atoms. The Labute approximate surface area is 148 Å². The zero-order valence-electron chi connectivity index (χ0n) is 15.6. The Balaban J connectivity index is 1.82. The fourth-order valence-corrected chi connectivity index (χ4v) is 2.29. The first-order valence-corrected chi connectivity index (χ1v) is 8.44. The van der Waals surface area contributed by atoms with E-state index in [9.17, 15) is 0 Å². The van der Waals surface area contributed by atoms with Crippen molar-refractivity contribution in [2.45, 2.75) is 39.7 Å². The van der Waals surface area contributed by atoms with Crippen LogP contribution in [0.5, 0.6) is 5.75 Å². The molecule has 2 rings (SSSR count). The van der Waals surface area contributed by atoms with Crippen molar-refractivity contribution >= 4 is 5.96 Å². The van der Waals surface area contributed by atoms with Crippen molar-refractivity contribution in [1.82, 2.24) is 20.8 Å². The van der Waals surface area contributed by atoms with Gasteiger partial charge in [-0.2, -0.15) is 4.98 Å². The van der Waals surface area contributed by atoms with Gasteiger partial charge in [0.05, 0.1) is 7.11 Å². The molecule has 0 amide bonds. The maximum absolute atomic E-state index is 5.42. The molecular formula is C18H27N5O2. The third kappa shape index (κ3) is 5.48. The first-order valence-electron chi connectivity index (χ1n) is 8.44. The largest absolute Gasteiger partial charge is 0.496 e. The fourth-order valence-electron chi connectivity index (χ4n) is 2.29. The molecule has 0 unspecified atom stereocenters. The van der Waals surface area contributed by atoms with E-state index in [2.05, 4.69) is 37.9 Å². The molecule has 0 bridgehead atoms. The zero-order valence-corrected chi connectivity index (χ0v) is 15.6. The number of methoxy groups -OCH3 is 1. The summed E-state index contributed by atoms with van der Waals surface area (Å²) in [4.78, 5) is 8.59. The lowest BCUT2D eigenvalue weighted by Gasteiger charge is -2.13. The molecule has 2 N–H and O–H groups in total. The van der Waals surface area contributed by atoms with Crippen molar-refractivity contribution in [3.63, 3.8) is 0 Å². The molecule has 0 radical (unpaired) electrons. The third-order valence-corrected chi connectivity index (χ3v) is 3.74. The molecule has 0 atom stereocenters. The highest BCUT2D eigenvalue weighted by Crippen LogP contribution is 2.19. The number of hydrogen-bond acceptors (Lipinski definition) is 5. The molecule has 0 aliphatic heterocycles. The Bertz CT molecular complexity index is 709. The third-order valence-electron chi connectivity index (χ3n) is 3.74. The average Bonchev–Trinajstić information content (AvgIpc) is 3.07. The molecular weight excluding hydrogens is 318 g/mol. The molecule has 25 heavy (non-hydrogen) atoms. The number of aromatic nitrogens is 2. The molecule has 2 aromatic rings. The monoisotopic (exact) mass is 345 g/mol. The molecule has 1 heterocycles. The van der Waals surface area contributed by atoms with Crippen LogP contribution in [0.3, 0.4) is 0 Å². The molecule has 1 aromatic carbocycles. The molecule has 7 heteroatoms. The van der Waals surface area contributed by atoms with E-state index in [4.69, 9.17) is 9.26 Å². The Morgan fingerprint density at radius 3 is 2.76 bits per heavy atom. The number of aryl methyl sites for hydroxylation is 1. The highest BCUT2D eigenvalue weighted by Gasteiger charge is 2.10. The van der Waals surface area contributed by atoms with Crippen LogP contribution in [0.25, 0.3) is 0 Å². The van der Waals surface area contributed by atoms with Gasteiger partial charge in [0, 0.05) is 38.0 Å². The lowest BCUT2D eigenvalue weighted by atomic mass is 10.1. The Morgan fingerprint density at radius 1 is 1.32 bits per heavy atom. The summed E-state index contributed by atoms with van der Waals surface area (Å²) in [6, 6.07) is 6.15.